The van der Waals surface area contributed by atoms with Gasteiger partial charge in [-0.15, -0.1) is 0 Å². The van der Waals surface area contributed by atoms with Gasteiger partial charge in [0.15, 0.2) is 0 Å². The van der Waals surface area contributed by atoms with Gasteiger partial charge in [-0.25, -0.2) is 14.6 Å². The van der Waals surface area contributed by atoms with Crippen LogP contribution in [0.4, 0.5) is 0 Å². The first-order valence-electron chi connectivity index (χ1n) is 33.0. The molecule has 0 saturated heterocycles. The highest BCUT2D eigenvalue weighted by atomic mass is 32.2. The Hall–Kier alpha value is -8.18. The average Bonchev–Trinajstić information content (AvgIpc) is 0.776. The number of carbonyl (C=O) groups is 6. The molecule has 2 fully saturated rings. The van der Waals surface area contributed by atoms with Gasteiger partial charge in [0.1, 0.15) is 33.8 Å². The Kier molecular flexibility index (Phi) is 28.8. The van der Waals surface area contributed by atoms with E-state index in [0.29, 0.717) is 119 Å². The van der Waals surface area contributed by atoms with Crippen molar-refractivity contribution in [1.29, 1.82) is 0 Å². The number of hydrogen-bond acceptors (Lipinski definition) is 17. The van der Waals surface area contributed by atoms with Gasteiger partial charge in [-0.1, -0.05) is 75.4 Å². The third-order valence-corrected chi connectivity index (χ3v) is 17.8. The van der Waals surface area contributed by atoms with Crippen LogP contribution in [0.2, 0.25) is 0 Å². The van der Waals surface area contributed by atoms with E-state index in [1.807, 2.05) is 91.0 Å². The van der Waals surface area contributed by atoms with Crippen molar-refractivity contribution in [2.75, 3.05) is 46.2 Å². The van der Waals surface area contributed by atoms with E-state index in [2.05, 4.69) is 20.1 Å². The zero-order valence-corrected chi connectivity index (χ0v) is 54.1. The summed E-state index contributed by atoms with van der Waals surface area (Å²) < 4.78 is 51.4. The van der Waals surface area contributed by atoms with Crippen LogP contribution in [0, 0.1) is 23.7 Å². The Labute approximate surface area is 545 Å². The average molecular weight is 1280 g/mol. The molecular weight excluding hydrogens is 1190 g/mol. The molecule has 0 bridgehead atoms. The summed E-state index contributed by atoms with van der Waals surface area (Å²) in [4.78, 5) is 82.2. The molecule has 1 heterocycles. The van der Waals surface area contributed by atoms with Crippen LogP contribution in [0.15, 0.2) is 144 Å². The molecule has 1 aromatic heterocycles. The lowest BCUT2D eigenvalue weighted by atomic mass is 9.82. The molecule has 0 amide bonds. The van der Waals surface area contributed by atoms with Gasteiger partial charge >= 0.3 is 35.8 Å². The molecule has 16 nitrogen and oxygen atoms in total. The zero-order chi connectivity index (χ0) is 64.7. The van der Waals surface area contributed by atoms with E-state index in [0.717, 1.165) is 120 Å². The minimum atomic E-state index is -0.396. The summed E-state index contributed by atoms with van der Waals surface area (Å²) >= 11 is 1.47. The number of unbranched alkanes of at least 4 members (excludes halogenated alkanes) is 9. The molecule has 2 saturated carbocycles. The van der Waals surface area contributed by atoms with Crippen molar-refractivity contribution in [2.24, 2.45) is 23.7 Å². The van der Waals surface area contributed by atoms with E-state index >= 15 is 0 Å². The highest BCUT2D eigenvalue weighted by Crippen LogP contribution is 2.40. The van der Waals surface area contributed by atoms with E-state index in [-0.39, 0.29) is 60.8 Å². The SMILES string of the molecule is C=CC(=O)OCCCCCCOc1ccc(CCOC(=O)C2CCC(C(=O)Oc3ccc4c(c3)nc(Sc3ccc(OCCCCCC)cc3)c3cc(OC(=O)C5CCC(C(=O)OCCc6ccc(OCCCCCCOC(=O)C=C)cc6)CC5)ccc34)CC2)cc1. The molecule has 0 atom stereocenters. The van der Waals surface area contributed by atoms with Crippen LogP contribution < -0.4 is 23.7 Å². The largest absolute Gasteiger partial charge is 0.494 e. The number of pyridine rings is 1. The number of hydrogen-bond donors (Lipinski definition) is 0. The van der Waals surface area contributed by atoms with E-state index in [1.165, 1.54) is 30.3 Å². The van der Waals surface area contributed by atoms with Gasteiger partial charge in [0, 0.05) is 46.7 Å². The normalized spacial score (nSPS) is 16.2. The molecule has 2 aliphatic rings. The van der Waals surface area contributed by atoms with Crippen LogP contribution in [-0.4, -0.2) is 87.0 Å². The standard InChI is InChI=1S/C75H89NO15S/c1-4-7-8-13-44-85-61-34-38-64(39-35-61)92-71-67-51-62(90-74(81)57-26-22-55(23-27-57)72(79)88-49-42-53-18-30-59(31-19-53)83-45-14-9-11-16-47-86-69(77)5-2)36-40-65(67)66-41-37-63(52-68(66)76-71)91-75(82)58-28-24-56(25-29-58)73(80)89-50-43-54-20-32-60(33-21-54)84-46-15-10-12-17-48-87-70(78)6-3/h5-6,18-21,30-41,51-52,55-58H,2-4,7-17,22-29,42-50H2,1H3. The van der Waals surface area contributed by atoms with Crippen LogP contribution in [-0.2, 0) is 60.6 Å². The molecule has 2 aliphatic carbocycles. The molecule has 5 aromatic carbocycles. The van der Waals surface area contributed by atoms with Gasteiger partial charge < -0.3 is 42.6 Å². The van der Waals surface area contributed by atoms with Crippen LogP contribution in [0.3, 0.4) is 0 Å². The fraction of sp³-hybridized carbons (Fsp3) is 0.453. The second-order valence-corrected chi connectivity index (χ2v) is 24.7. The van der Waals surface area contributed by atoms with Crippen molar-refractivity contribution in [3.05, 3.63) is 146 Å². The lowest BCUT2D eigenvalue weighted by Crippen LogP contribution is -2.29. The van der Waals surface area contributed by atoms with E-state index in [9.17, 15) is 28.8 Å². The van der Waals surface area contributed by atoms with Crippen molar-refractivity contribution in [2.45, 2.75) is 158 Å². The molecule has 0 aliphatic heterocycles. The third-order valence-electron chi connectivity index (χ3n) is 16.8. The third kappa shape index (κ3) is 22.9. The minimum Gasteiger partial charge on any atom is -0.494 e. The van der Waals surface area contributed by atoms with Crippen LogP contribution in [0.25, 0.3) is 21.7 Å². The van der Waals surface area contributed by atoms with Crippen LogP contribution >= 0.6 is 11.8 Å². The Bertz CT molecular complexity index is 3350. The monoisotopic (exact) mass is 1280 g/mol. The van der Waals surface area contributed by atoms with Gasteiger partial charge in [-0.3, -0.25) is 19.2 Å². The maximum absolute atomic E-state index is 13.8. The second-order valence-electron chi connectivity index (χ2n) is 23.6. The Balaban J connectivity index is 0.797. The number of fused-ring (bicyclic) bond motifs is 3. The highest BCUT2D eigenvalue weighted by Gasteiger charge is 2.34. The first-order valence-corrected chi connectivity index (χ1v) is 33.8. The number of nitrogens with zero attached hydrogens (tertiary/aromatic N) is 1. The Morgan fingerprint density at radius 2 is 0.793 bits per heavy atom. The van der Waals surface area contributed by atoms with Crippen molar-refractivity contribution in [3.8, 4) is 28.7 Å². The Morgan fingerprint density at radius 3 is 1.23 bits per heavy atom. The molecule has 490 valence electrons. The lowest BCUT2D eigenvalue weighted by molar-refractivity contribution is -0.152. The number of carbonyl (C=O) groups excluding carboxylic acids is 6. The summed E-state index contributed by atoms with van der Waals surface area (Å²) in [5.41, 5.74) is 2.69. The maximum Gasteiger partial charge on any atom is 0.330 e. The molecule has 8 rings (SSSR count). The first-order chi connectivity index (χ1) is 44.9. The number of ether oxygens (including phenoxy) is 9. The Morgan fingerprint density at radius 1 is 0.413 bits per heavy atom. The van der Waals surface area contributed by atoms with Crippen LogP contribution in [0.5, 0.6) is 28.7 Å². The fourth-order valence-corrected chi connectivity index (χ4v) is 12.3. The van der Waals surface area contributed by atoms with Gasteiger partial charge in [0.25, 0.3) is 0 Å². The van der Waals surface area contributed by atoms with Crippen molar-refractivity contribution in [1.82, 2.24) is 4.98 Å². The summed E-state index contributed by atoms with van der Waals surface area (Å²) in [6.45, 7) is 12.1. The van der Waals surface area contributed by atoms with E-state index in [4.69, 9.17) is 47.6 Å². The van der Waals surface area contributed by atoms with Crippen molar-refractivity contribution < 1.29 is 71.4 Å². The summed E-state index contributed by atoms with van der Waals surface area (Å²) in [6, 6.07) is 34.6. The maximum atomic E-state index is 13.8. The number of rotatable bonds is 38. The first kappa shape index (κ1) is 69.7. The molecular formula is C75H89NO15S. The smallest absolute Gasteiger partial charge is 0.330 e. The van der Waals surface area contributed by atoms with Crippen molar-refractivity contribution in [3.63, 3.8) is 0 Å². The minimum absolute atomic E-state index is 0.245. The summed E-state index contributed by atoms with van der Waals surface area (Å²) in [6.07, 6.45) is 19.3. The summed E-state index contributed by atoms with van der Waals surface area (Å²) in [7, 11) is 0. The predicted octanol–water partition coefficient (Wildman–Crippen LogP) is 15.8. The van der Waals surface area contributed by atoms with Crippen LogP contribution in [0.1, 0.15) is 146 Å². The van der Waals surface area contributed by atoms with E-state index in [1.54, 1.807) is 18.2 Å². The second kappa shape index (κ2) is 38.0. The predicted molar refractivity (Wildman–Crippen MR) is 354 cm³/mol. The fourth-order valence-electron chi connectivity index (χ4n) is 11.3. The quantitative estimate of drug-likeness (QED) is 0.00884. The molecule has 0 unspecified atom stereocenters. The zero-order valence-electron chi connectivity index (χ0n) is 53.3. The molecule has 0 N–H and O–H groups in total. The molecule has 92 heavy (non-hydrogen) atoms. The number of aromatic nitrogens is 1. The highest BCUT2D eigenvalue weighted by molar-refractivity contribution is 7.99. The van der Waals surface area contributed by atoms with Gasteiger partial charge in [-0.2, -0.15) is 0 Å². The molecule has 0 spiro atoms. The summed E-state index contributed by atoms with van der Waals surface area (Å²) in [5, 5.41) is 3.16. The van der Waals surface area contributed by atoms with Gasteiger partial charge in [0.05, 0.1) is 75.4 Å². The van der Waals surface area contributed by atoms with E-state index < -0.39 is 11.9 Å². The number of benzene rings is 5. The molecule has 17 heteroatoms. The van der Waals surface area contributed by atoms with Crippen molar-refractivity contribution >= 4 is 69.3 Å². The van der Waals surface area contributed by atoms with Gasteiger partial charge in [-0.05, 0) is 205 Å². The van der Waals surface area contributed by atoms with Gasteiger partial charge in [0.2, 0.25) is 0 Å². The topological polar surface area (TPSA) is 198 Å². The number of esters is 6. The molecule has 6 aromatic rings. The lowest BCUT2D eigenvalue weighted by Gasteiger charge is -2.26. The molecule has 0 radical (unpaired) electrons. The summed E-state index contributed by atoms with van der Waals surface area (Å²) in [5.74, 6) is -0.176.